The van der Waals surface area contributed by atoms with Gasteiger partial charge in [-0.3, -0.25) is 0 Å². The number of hydrogen-bond donors (Lipinski definition) is 1. The van der Waals surface area contributed by atoms with Crippen LogP contribution in [0.15, 0.2) is 24.5 Å². The molecule has 0 bridgehead atoms. The molecule has 0 fully saturated rings. The number of aliphatic hydroxyl groups is 1. The standard InChI is InChI=1S/C12H15N3O2/c1-9-4-3-5-10(6-16)12(9)17-7-11-14-13-8-15(11)2/h3-5,8,16H,6-7H2,1-2H3. The van der Waals surface area contributed by atoms with E-state index < -0.39 is 0 Å². The summed E-state index contributed by atoms with van der Waals surface area (Å²) in [6.45, 7) is 2.26. The summed E-state index contributed by atoms with van der Waals surface area (Å²) in [7, 11) is 1.86. The fourth-order valence-electron chi connectivity index (χ4n) is 1.62. The number of aryl methyl sites for hydroxylation is 2. The fraction of sp³-hybridized carbons (Fsp3) is 0.333. The third-order valence-corrected chi connectivity index (χ3v) is 2.61. The molecule has 0 saturated carbocycles. The van der Waals surface area contributed by atoms with Crippen LogP contribution < -0.4 is 4.74 Å². The van der Waals surface area contributed by atoms with Gasteiger partial charge in [0.05, 0.1) is 6.61 Å². The Kier molecular flexibility index (Phi) is 3.39. The van der Waals surface area contributed by atoms with Gasteiger partial charge in [0.2, 0.25) is 0 Å². The molecule has 0 aliphatic heterocycles. The number of benzene rings is 1. The van der Waals surface area contributed by atoms with E-state index in [4.69, 9.17) is 4.74 Å². The summed E-state index contributed by atoms with van der Waals surface area (Å²) in [5.41, 5.74) is 1.78. The zero-order chi connectivity index (χ0) is 12.3. The maximum Gasteiger partial charge on any atom is 0.170 e. The van der Waals surface area contributed by atoms with Crippen LogP contribution in [-0.2, 0) is 20.3 Å². The molecule has 0 saturated heterocycles. The second-order valence-corrected chi connectivity index (χ2v) is 3.87. The smallest absolute Gasteiger partial charge is 0.170 e. The van der Waals surface area contributed by atoms with Crippen LogP contribution in [0.5, 0.6) is 5.75 Å². The molecular weight excluding hydrogens is 218 g/mol. The van der Waals surface area contributed by atoms with Crippen LogP contribution in [-0.4, -0.2) is 19.9 Å². The van der Waals surface area contributed by atoms with Gasteiger partial charge in [-0.15, -0.1) is 10.2 Å². The Bertz CT molecular complexity index is 508. The SMILES string of the molecule is Cc1cccc(CO)c1OCc1nncn1C. The van der Waals surface area contributed by atoms with Crippen molar-refractivity contribution in [3.05, 3.63) is 41.5 Å². The summed E-state index contributed by atoms with van der Waals surface area (Å²) in [6, 6.07) is 5.69. The average Bonchev–Trinajstić information content (AvgIpc) is 2.73. The minimum Gasteiger partial charge on any atom is -0.485 e. The van der Waals surface area contributed by atoms with Crippen molar-refractivity contribution in [1.82, 2.24) is 14.8 Å². The first-order chi connectivity index (χ1) is 8.22. The van der Waals surface area contributed by atoms with Crippen LogP contribution in [0.4, 0.5) is 0 Å². The maximum atomic E-state index is 9.24. The third-order valence-electron chi connectivity index (χ3n) is 2.61. The molecule has 0 radical (unpaired) electrons. The molecule has 5 nitrogen and oxygen atoms in total. The lowest BCUT2D eigenvalue weighted by Gasteiger charge is -2.12. The molecule has 0 atom stereocenters. The highest BCUT2D eigenvalue weighted by molar-refractivity contribution is 5.40. The predicted molar refractivity (Wildman–Crippen MR) is 62.4 cm³/mol. The van der Waals surface area contributed by atoms with Gasteiger partial charge in [-0.2, -0.15) is 0 Å². The molecule has 90 valence electrons. The van der Waals surface area contributed by atoms with Gasteiger partial charge in [0.25, 0.3) is 0 Å². The normalized spacial score (nSPS) is 10.5. The molecule has 1 heterocycles. The maximum absolute atomic E-state index is 9.24. The number of aliphatic hydroxyl groups excluding tert-OH is 1. The van der Waals surface area contributed by atoms with E-state index in [-0.39, 0.29) is 6.61 Å². The second kappa shape index (κ2) is 4.97. The number of nitrogens with zero attached hydrogens (tertiary/aromatic N) is 3. The molecule has 2 rings (SSSR count). The minimum atomic E-state index is -0.0319. The zero-order valence-electron chi connectivity index (χ0n) is 9.92. The number of para-hydroxylation sites is 1. The third kappa shape index (κ3) is 2.45. The largest absolute Gasteiger partial charge is 0.485 e. The molecule has 0 amide bonds. The molecule has 1 aromatic carbocycles. The van der Waals surface area contributed by atoms with E-state index in [1.54, 1.807) is 10.9 Å². The molecule has 5 heteroatoms. The van der Waals surface area contributed by atoms with Gasteiger partial charge in [0.1, 0.15) is 18.7 Å². The van der Waals surface area contributed by atoms with Crippen LogP contribution in [0.1, 0.15) is 17.0 Å². The van der Waals surface area contributed by atoms with Crippen molar-refractivity contribution in [2.24, 2.45) is 7.05 Å². The number of ether oxygens (including phenoxy) is 1. The van der Waals surface area contributed by atoms with Gasteiger partial charge < -0.3 is 14.4 Å². The molecule has 17 heavy (non-hydrogen) atoms. The van der Waals surface area contributed by atoms with Gasteiger partial charge in [-0.1, -0.05) is 18.2 Å². The highest BCUT2D eigenvalue weighted by atomic mass is 16.5. The Hall–Kier alpha value is -1.88. The number of aromatic nitrogens is 3. The molecule has 0 aliphatic rings. The van der Waals surface area contributed by atoms with Crippen molar-refractivity contribution in [3.63, 3.8) is 0 Å². The molecule has 0 unspecified atom stereocenters. The van der Waals surface area contributed by atoms with Crippen LogP contribution in [0.2, 0.25) is 0 Å². The average molecular weight is 233 g/mol. The van der Waals surface area contributed by atoms with Gasteiger partial charge in [-0.05, 0) is 12.5 Å². The Morgan fingerprint density at radius 1 is 1.41 bits per heavy atom. The lowest BCUT2D eigenvalue weighted by molar-refractivity contribution is 0.253. The first-order valence-corrected chi connectivity index (χ1v) is 5.37. The molecule has 0 spiro atoms. The molecule has 0 aliphatic carbocycles. The van der Waals surface area contributed by atoms with Gasteiger partial charge in [0.15, 0.2) is 5.82 Å². The van der Waals surface area contributed by atoms with Crippen molar-refractivity contribution >= 4 is 0 Å². The zero-order valence-corrected chi connectivity index (χ0v) is 9.92. The Labute approximate surface area is 99.7 Å². The van der Waals surface area contributed by atoms with E-state index in [1.807, 2.05) is 32.2 Å². The number of hydrogen-bond acceptors (Lipinski definition) is 4. The summed E-state index contributed by atoms with van der Waals surface area (Å²) in [5, 5.41) is 17.0. The van der Waals surface area contributed by atoms with E-state index in [2.05, 4.69) is 10.2 Å². The minimum absolute atomic E-state index is 0.0319. The van der Waals surface area contributed by atoms with Gasteiger partial charge in [0, 0.05) is 12.6 Å². The summed E-state index contributed by atoms with van der Waals surface area (Å²) in [4.78, 5) is 0. The van der Waals surface area contributed by atoms with Crippen molar-refractivity contribution < 1.29 is 9.84 Å². The fourth-order valence-corrected chi connectivity index (χ4v) is 1.62. The summed E-state index contributed by atoms with van der Waals surface area (Å²) in [6.07, 6.45) is 1.63. The molecule has 1 aromatic heterocycles. The molecular formula is C12H15N3O2. The predicted octanol–water partition coefficient (Wildman–Crippen LogP) is 1.19. The molecule has 2 aromatic rings. The van der Waals surface area contributed by atoms with E-state index in [9.17, 15) is 5.11 Å². The Balaban J connectivity index is 2.16. The van der Waals surface area contributed by atoms with Crippen molar-refractivity contribution in [3.8, 4) is 5.75 Å². The molecule has 1 N–H and O–H groups in total. The Morgan fingerprint density at radius 3 is 2.88 bits per heavy atom. The highest BCUT2D eigenvalue weighted by Crippen LogP contribution is 2.24. The lowest BCUT2D eigenvalue weighted by Crippen LogP contribution is -2.05. The van der Waals surface area contributed by atoms with Crippen LogP contribution in [0, 0.1) is 6.92 Å². The van der Waals surface area contributed by atoms with E-state index in [0.717, 1.165) is 22.7 Å². The Morgan fingerprint density at radius 2 is 2.24 bits per heavy atom. The van der Waals surface area contributed by atoms with Crippen molar-refractivity contribution in [2.45, 2.75) is 20.1 Å². The first-order valence-electron chi connectivity index (χ1n) is 5.37. The summed E-state index contributed by atoms with van der Waals surface area (Å²) in [5.74, 6) is 1.47. The van der Waals surface area contributed by atoms with Crippen molar-refractivity contribution in [2.75, 3.05) is 0 Å². The van der Waals surface area contributed by atoms with Crippen molar-refractivity contribution in [1.29, 1.82) is 0 Å². The second-order valence-electron chi connectivity index (χ2n) is 3.87. The summed E-state index contributed by atoms with van der Waals surface area (Å²) >= 11 is 0. The topological polar surface area (TPSA) is 60.2 Å². The van der Waals surface area contributed by atoms with Crippen LogP contribution in [0.3, 0.4) is 0 Å². The monoisotopic (exact) mass is 233 g/mol. The highest BCUT2D eigenvalue weighted by Gasteiger charge is 2.08. The van der Waals surface area contributed by atoms with E-state index in [1.165, 1.54) is 0 Å². The van der Waals surface area contributed by atoms with Gasteiger partial charge >= 0.3 is 0 Å². The van der Waals surface area contributed by atoms with E-state index >= 15 is 0 Å². The first kappa shape index (κ1) is 11.6. The number of rotatable bonds is 4. The quantitative estimate of drug-likeness (QED) is 0.861. The van der Waals surface area contributed by atoms with Crippen LogP contribution >= 0.6 is 0 Å². The van der Waals surface area contributed by atoms with Crippen LogP contribution in [0.25, 0.3) is 0 Å². The summed E-state index contributed by atoms with van der Waals surface area (Å²) < 4.78 is 7.50. The van der Waals surface area contributed by atoms with Gasteiger partial charge in [-0.25, -0.2) is 0 Å². The lowest BCUT2D eigenvalue weighted by atomic mass is 10.1. The van der Waals surface area contributed by atoms with E-state index in [0.29, 0.717) is 6.61 Å².